The molecule has 0 spiro atoms. The van der Waals surface area contributed by atoms with E-state index < -0.39 is 17.0 Å². The normalized spacial score (nSPS) is 16.0. The van der Waals surface area contributed by atoms with E-state index in [1.54, 1.807) is 19.3 Å². The third-order valence-corrected chi connectivity index (χ3v) is 7.06. The summed E-state index contributed by atoms with van der Waals surface area (Å²) in [7, 11) is 1.66. The van der Waals surface area contributed by atoms with Crippen molar-refractivity contribution in [2.24, 2.45) is 7.05 Å². The van der Waals surface area contributed by atoms with Gasteiger partial charge in [0.05, 0.1) is 11.5 Å². The van der Waals surface area contributed by atoms with Gasteiger partial charge in [-0.05, 0) is 73.4 Å². The number of aromatic nitrogens is 1. The molecule has 0 N–H and O–H groups in total. The van der Waals surface area contributed by atoms with Crippen LogP contribution in [0.3, 0.4) is 0 Å². The molecule has 1 heterocycles. The van der Waals surface area contributed by atoms with Crippen molar-refractivity contribution in [1.29, 1.82) is 0 Å². The summed E-state index contributed by atoms with van der Waals surface area (Å²) in [5.41, 5.74) is 1.30. The van der Waals surface area contributed by atoms with Gasteiger partial charge in [0.1, 0.15) is 17.3 Å². The maximum atomic E-state index is 13.9. The van der Waals surface area contributed by atoms with E-state index in [1.807, 2.05) is 25.1 Å². The molecule has 1 aliphatic rings. The first-order chi connectivity index (χ1) is 14.5. The quantitative estimate of drug-likeness (QED) is 0.527. The highest BCUT2D eigenvalue weighted by atomic mass is 32.2. The number of benzene rings is 2. The number of rotatable bonds is 5. The van der Waals surface area contributed by atoms with Gasteiger partial charge < -0.3 is 13.9 Å². The van der Waals surface area contributed by atoms with Crippen LogP contribution in [0.5, 0.6) is 5.75 Å². The molecule has 1 aromatic heterocycles. The van der Waals surface area contributed by atoms with E-state index >= 15 is 0 Å². The van der Waals surface area contributed by atoms with E-state index in [4.69, 9.17) is 4.74 Å². The van der Waals surface area contributed by atoms with Crippen LogP contribution in [0.4, 0.5) is 4.39 Å². The fourth-order valence-corrected chi connectivity index (χ4v) is 4.95. The van der Waals surface area contributed by atoms with Crippen LogP contribution in [0.1, 0.15) is 39.0 Å². The highest BCUT2D eigenvalue weighted by molar-refractivity contribution is 7.91. The zero-order chi connectivity index (χ0) is 21.3. The minimum Gasteiger partial charge on any atom is -0.611 e. The van der Waals surface area contributed by atoms with Crippen molar-refractivity contribution in [1.82, 2.24) is 4.57 Å². The summed E-state index contributed by atoms with van der Waals surface area (Å²) < 4.78 is 34.2. The SMILES string of the molecule is CC[S+]([O-])c1ccc(OC2CCCCC2)c(-c2cn(C)c(=O)c3cc(F)ccc23)c1. The van der Waals surface area contributed by atoms with Crippen molar-refractivity contribution < 1.29 is 13.7 Å². The molecule has 3 aromatic rings. The number of halogens is 1. The van der Waals surface area contributed by atoms with Gasteiger partial charge in [0.2, 0.25) is 0 Å². The van der Waals surface area contributed by atoms with Gasteiger partial charge in [0, 0.05) is 30.4 Å². The summed E-state index contributed by atoms with van der Waals surface area (Å²) in [5.74, 6) is 0.779. The van der Waals surface area contributed by atoms with Gasteiger partial charge in [-0.2, -0.15) is 0 Å². The average Bonchev–Trinajstić information content (AvgIpc) is 2.77. The fourth-order valence-electron chi connectivity index (χ4n) is 4.15. The maximum Gasteiger partial charge on any atom is 0.258 e. The van der Waals surface area contributed by atoms with Crippen molar-refractivity contribution in [3.8, 4) is 16.9 Å². The van der Waals surface area contributed by atoms with Gasteiger partial charge in [-0.3, -0.25) is 4.79 Å². The second kappa shape index (κ2) is 8.82. The van der Waals surface area contributed by atoms with Crippen LogP contribution < -0.4 is 10.3 Å². The van der Waals surface area contributed by atoms with Crippen LogP contribution in [0, 0.1) is 5.82 Å². The number of ether oxygens (including phenoxy) is 1. The Bertz CT molecular complexity index is 1120. The molecule has 1 atom stereocenters. The molecule has 0 saturated heterocycles. The van der Waals surface area contributed by atoms with Crippen molar-refractivity contribution in [2.45, 2.75) is 50.0 Å². The zero-order valence-electron chi connectivity index (χ0n) is 17.3. The first-order valence-electron chi connectivity index (χ1n) is 10.5. The molecule has 6 heteroatoms. The van der Waals surface area contributed by atoms with E-state index in [-0.39, 0.29) is 11.7 Å². The Morgan fingerprint density at radius 1 is 1.10 bits per heavy atom. The molecule has 1 unspecified atom stereocenters. The van der Waals surface area contributed by atoms with Crippen LogP contribution in [0.25, 0.3) is 21.9 Å². The number of aryl methyl sites for hydroxylation is 1. The van der Waals surface area contributed by atoms with E-state index in [9.17, 15) is 13.7 Å². The molecule has 0 amide bonds. The topological polar surface area (TPSA) is 54.3 Å². The minimum absolute atomic E-state index is 0.149. The second-order valence-electron chi connectivity index (χ2n) is 7.82. The molecular formula is C24H26FNO3S. The number of fused-ring (bicyclic) bond motifs is 1. The number of hydrogen-bond acceptors (Lipinski definition) is 3. The van der Waals surface area contributed by atoms with Crippen molar-refractivity contribution in [2.75, 3.05) is 5.75 Å². The number of pyridine rings is 1. The highest BCUT2D eigenvalue weighted by Crippen LogP contribution is 2.38. The number of hydrogen-bond donors (Lipinski definition) is 0. The van der Waals surface area contributed by atoms with E-state index in [2.05, 4.69) is 0 Å². The monoisotopic (exact) mass is 427 g/mol. The van der Waals surface area contributed by atoms with E-state index in [0.29, 0.717) is 27.2 Å². The van der Waals surface area contributed by atoms with E-state index in [1.165, 1.54) is 23.1 Å². The van der Waals surface area contributed by atoms with Gasteiger partial charge >= 0.3 is 0 Å². The summed E-state index contributed by atoms with van der Waals surface area (Å²) in [5, 5.41) is 0.980. The molecule has 2 aromatic carbocycles. The molecule has 0 bridgehead atoms. The van der Waals surface area contributed by atoms with Crippen molar-refractivity contribution in [3.05, 3.63) is 58.8 Å². The van der Waals surface area contributed by atoms with Crippen LogP contribution >= 0.6 is 0 Å². The Balaban J connectivity index is 1.91. The summed E-state index contributed by atoms with van der Waals surface area (Å²) in [6.07, 6.45) is 7.47. The molecule has 1 saturated carbocycles. The molecule has 0 radical (unpaired) electrons. The Kier molecular flexibility index (Phi) is 6.16. The molecule has 0 aliphatic heterocycles. The lowest BCUT2D eigenvalue weighted by Crippen LogP contribution is -2.20. The molecule has 30 heavy (non-hydrogen) atoms. The Morgan fingerprint density at radius 3 is 2.60 bits per heavy atom. The molecule has 1 aliphatic carbocycles. The second-order valence-corrected chi connectivity index (χ2v) is 9.56. The first kappa shape index (κ1) is 20.9. The third kappa shape index (κ3) is 4.12. The fraction of sp³-hybridized carbons (Fsp3) is 0.375. The maximum absolute atomic E-state index is 13.9. The standard InChI is InChI=1S/C24H26FNO3S/c1-3-30(28)18-10-12-23(29-17-7-5-4-6-8-17)20(14-18)22-15-26(2)24(27)21-13-16(25)9-11-19(21)22/h9-15,17H,3-8H2,1-2H3. The molecule has 4 rings (SSSR count). The largest absolute Gasteiger partial charge is 0.611 e. The summed E-state index contributed by atoms with van der Waals surface area (Å²) >= 11 is -1.12. The first-order valence-corrected chi connectivity index (χ1v) is 11.8. The van der Waals surface area contributed by atoms with Gasteiger partial charge in [0.15, 0.2) is 4.90 Å². The predicted octanol–water partition coefficient (Wildman–Crippen LogP) is 5.18. The lowest BCUT2D eigenvalue weighted by Gasteiger charge is -2.25. The molecule has 4 nitrogen and oxygen atoms in total. The van der Waals surface area contributed by atoms with E-state index in [0.717, 1.165) is 36.8 Å². The van der Waals surface area contributed by atoms with Crippen LogP contribution in [0.15, 0.2) is 52.3 Å². The zero-order valence-corrected chi connectivity index (χ0v) is 18.1. The predicted molar refractivity (Wildman–Crippen MR) is 119 cm³/mol. The lowest BCUT2D eigenvalue weighted by atomic mass is 9.97. The summed E-state index contributed by atoms with van der Waals surface area (Å²) in [4.78, 5) is 13.3. The van der Waals surface area contributed by atoms with Crippen molar-refractivity contribution >= 4 is 21.9 Å². The summed E-state index contributed by atoms with van der Waals surface area (Å²) in [6, 6.07) is 9.89. The van der Waals surface area contributed by atoms with Crippen LogP contribution in [-0.2, 0) is 18.2 Å². The van der Waals surface area contributed by atoms with Gasteiger partial charge in [-0.15, -0.1) is 0 Å². The average molecular weight is 428 g/mol. The Morgan fingerprint density at radius 2 is 1.87 bits per heavy atom. The smallest absolute Gasteiger partial charge is 0.258 e. The molecule has 1 fully saturated rings. The highest BCUT2D eigenvalue weighted by Gasteiger charge is 2.21. The summed E-state index contributed by atoms with van der Waals surface area (Å²) in [6.45, 7) is 1.88. The van der Waals surface area contributed by atoms with Gasteiger partial charge in [0.25, 0.3) is 5.56 Å². The lowest BCUT2D eigenvalue weighted by molar-refractivity contribution is 0.155. The minimum atomic E-state index is -1.12. The molecule has 158 valence electrons. The van der Waals surface area contributed by atoms with Crippen molar-refractivity contribution in [3.63, 3.8) is 0 Å². The van der Waals surface area contributed by atoms with Gasteiger partial charge in [-0.1, -0.05) is 12.5 Å². The van der Waals surface area contributed by atoms with Crippen LogP contribution in [0.2, 0.25) is 0 Å². The Hall–Kier alpha value is -2.31. The van der Waals surface area contributed by atoms with Crippen LogP contribution in [-0.4, -0.2) is 21.0 Å². The Labute approximate surface area is 178 Å². The van der Waals surface area contributed by atoms with Gasteiger partial charge in [-0.25, -0.2) is 4.39 Å². The molecular weight excluding hydrogens is 401 g/mol. The third-order valence-electron chi connectivity index (χ3n) is 5.76. The number of nitrogens with zero attached hydrogens (tertiary/aromatic N) is 1.